The molecular weight excluding hydrogens is 184 g/mol. The number of hydrogen-bond donors (Lipinski definition) is 2. The second-order valence-corrected chi connectivity index (χ2v) is 3.50. The average molecular weight is 204 g/mol. The van der Waals surface area contributed by atoms with E-state index >= 15 is 0 Å². The first-order valence-corrected chi connectivity index (χ1v) is 5.52. The molecule has 0 aliphatic carbocycles. The lowest BCUT2D eigenvalue weighted by Gasteiger charge is -2.04. The van der Waals surface area contributed by atoms with Crippen molar-refractivity contribution < 1.29 is 0 Å². The largest absolute Gasteiger partial charge is 0.391 e. The SMILES string of the molecule is C=CNCCCNCCc1ccccc1. The van der Waals surface area contributed by atoms with Crippen molar-refractivity contribution in [1.29, 1.82) is 0 Å². The van der Waals surface area contributed by atoms with Crippen LogP contribution in [0.4, 0.5) is 0 Å². The van der Waals surface area contributed by atoms with E-state index in [2.05, 4.69) is 47.5 Å². The van der Waals surface area contributed by atoms with Gasteiger partial charge in [0.05, 0.1) is 0 Å². The zero-order chi connectivity index (χ0) is 10.8. The van der Waals surface area contributed by atoms with Crippen LogP contribution >= 0.6 is 0 Å². The Morgan fingerprint density at radius 2 is 1.87 bits per heavy atom. The second kappa shape index (κ2) is 8.06. The molecule has 0 atom stereocenters. The van der Waals surface area contributed by atoms with Crippen molar-refractivity contribution in [2.75, 3.05) is 19.6 Å². The van der Waals surface area contributed by atoms with Crippen molar-refractivity contribution in [2.24, 2.45) is 0 Å². The van der Waals surface area contributed by atoms with Gasteiger partial charge in [0.15, 0.2) is 0 Å². The summed E-state index contributed by atoms with van der Waals surface area (Å²) in [6, 6.07) is 10.6. The highest BCUT2D eigenvalue weighted by atomic mass is 14.9. The lowest BCUT2D eigenvalue weighted by Crippen LogP contribution is -2.21. The molecule has 0 radical (unpaired) electrons. The zero-order valence-electron chi connectivity index (χ0n) is 9.21. The van der Waals surface area contributed by atoms with Gasteiger partial charge in [-0.05, 0) is 37.7 Å². The fraction of sp³-hybridized carbons (Fsp3) is 0.385. The lowest BCUT2D eigenvalue weighted by atomic mass is 10.1. The van der Waals surface area contributed by atoms with Crippen LogP contribution in [0.5, 0.6) is 0 Å². The number of nitrogens with one attached hydrogen (secondary N) is 2. The molecule has 0 bridgehead atoms. The molecule has 0 spiro atoms. The molecule has 1 aromatic carbocycles. The van der Waals surface area contributed by atoms with E-state index in [4.69, 9.17) is 0 Å². The molecule has 0 amide bonds. The summed E-state index contributed by atoms with van der Waals surface area (Å²) in [7, 11) is 0. The molecule has 0 fully saturated rings. The summed E-state index contributed by atoms with van der Waals surface area (Å²) in [4.78, 5) is 0. The normalized spacial score (nSPS) is 9.87. The summed E-state index contributed by atoms with van der Waals surface area (Å²) in [5.74, 6) is 0. The number of rotatable bonds is 8. The van der Waals surface area contributed by atoms with Crippen molar-refractivity contribution in [1.82, 2.24) is 10.6 Å². The minimum Gasteiger partial charge on any atom is -0.391 e. The summed E-state index contributed by atoms with van der Waals surface area (Å²) >= 11 is 0. The number of benzene rings is 1. The van der Waals surface area contributed by atoms with E-state index in [0.29, 0.717) is 0 Å². The Balaban J connectivity index is 1.95. The van der Waals surface area contributed by atoms with Gasteiger partial charge in [-0.15, -0.1) is 0 Å². The topological polar surface area (TPSA) is 24.1 Å². The molecule has 0 aliphatic heterocycles. The Morgan fingerprint density at radius 3 is 2.60 bits per heavy atom. The first-order valence-electron chi connectivity index (χ1n) is 5.52. The van der Waals surface area contributed by atoms with Crippen LogP contribution in [0, 0.1) is 0 Å². The Kier molecular flexibility index (Phi) is 6.34. The van der Waals surface area contributed by atoms with Gasteiger partial charge in [-0.2, -0.15) is 0 Å². The van der Waals surface area contributed by atoms with E-state index in [1.165, 1.54) is 5.56 Å². The van der Waals surface area contributed by atoms with Crippen LogP contribution < -0.4 is 10.6 Å². The molecule has 15 heavy (non-hydrogen) atoms. The molecule has 1 aromatic rings. The van der Waals surface area contributed by atoms with Crippen LogP contribution in [0.2, 0.25) is 0 Å². The highest BCUT2D eigenvalue weighted by Crippen LogP contribution is 1.97. The fourth-order valence-corrected chi connectivity index (χ4v) is 1.42. The van der Waals surface area contributed by atoms with E-state index in [1.807, 2.05) is 0 Å². The summed E-state index contributed by atoms with van der Waals surface area (Å²) < 4.78 is 0. The second-order valence-electron chi connectivity index (χ2n) is 3.50. The van der Waals surface area contributed by atoms with Crippen molar-refractivity contribution in [3.05, 3.63) is 48.7 Å². The molecule has 82 valence electrons. The van der Waals surface area contributed by atoms with Gasteiger partial charge in [0.2, 0.25) is 0 Å². The maximum absolute atomic E-state index is 3.60. The van der Waals surface area contributed by atoms with Crippen LogP contribution in [0.15, 0.2) is 43.1 Å². The lowest BCUT2D eigenvalue weighted by molar-refractivity contribution is 0.633. The Morgan fingerprint density at radius 1 is 1.07 bits per heavy atom. The van der Waals surface area contributed by atoms with Gasteiger partial charge in [-0.1, -0.05) is 36.9 Å². The third kappa shape index (κ3) is 5.92. The van der Waals surface area contributed by atoms with Crippen LogP contribution in [0.1, 0.15) is 12.0 Å². The van der Waals surface area contributed by atoms with E-state index in [9.17, 15) is 0 Å². The van der Waals surface area contributed by atoms with E-state index in [-0.39, 0.29) is 0 Å². The van der Waals surface area contributed by atoms with Crippen molar-refractivity contribution in [2.45, 2.75) is 12.8 Å². The molecule has 2 nitrogen and oxygen atoms in total. The van der Waals surface area contributed by atoms with E-state index in [1.54, 1.807) is 6.20 Å². The maximum atomic E-state index is 3.60. The van der Waals surface area contributed by atoms with Gasteiger partial charge in [0.1, 0.15) is 0 Å². The van der Waals surface area contributed by atoms with Crippen molar-refractivity contribution in [3.63, 3.8) is 0 Å². The van der Waals surface area contributed by atoms with Crippen LogP contribution in [0.25, 0.3) is 0 Å². The predicted octanol–water partition coefficient (Wildman–Crippen LogP) is 1.94. The third-order valence-corrected chi connectivity index (χ3v) is 2.25. The van der Waals surface area contributed by atoms with Crippen LogP contribution in [-0.2, 0) is 6.42 Å². The molecule has 0 saturated heterocycles. The first kappa shape index (κ1) is 11.8. The molecular formula is C13H20N2. The van der Waals surface area contributed by atoms with Gasteiger partial charge in [0, 0.05) is 6.54 Å². The van der Waals surface area contributed by atoms with Gasteiger partial charge in [-0.3, -0.25) is 0 Å². The highest BCUT2D eigenvalue weighted by molar-refractivity contribution is 5.14. The molecule has 1 rings (SSSR count). The summed E-state index contributed by atoms with van der Waals surface area (Å²) in [5, 5.41) is 6.50. The third-order valence-electron chi connectivity index (χ3n) is 2.25. The van der Waals surface area contributed by atoms with Gasteiger partial charge < -0.3 is 10.6 Å². The Bertz CT molecular complexity index is 256. The number of hydrogen-bond acceptors (Lipinski definition) is 2. The van der Waals surface area contributed by atoms with Gasteiger partial charge in [0.25, 0.3) is 0 Å². The standard InChI is InChI=1S/C13H20N2/c1-2-14-10-6-11-15-12-9-13-7-4-3-5-8-13/h2-5,7-8,14-15H,1,6,9-12H2. The van der Waals surface area contributed by atoms with Gasteiger partial charge in [-0.25, -0.2) is 0 Å². The molecule has 2 N–H and O–H groups in total. The zero-order valence-corrected chi connectivity index (χ0v) is 9.21. The first-order chi connectivity index (χ1) is 7.43. The highest BCUT2D eigenvalue weighted by Gasteiger charge is 1.90. The molecule has 2 heteroatoms. The van der Waals surface area contributed by atoms with Crippen molar-refractivity contribution >= 4 is 0 Å². The van der Waals surface area contributed by atoms with Crippen molar-refractivity contribution in [3.8, 4) is 0 Å². The molecule has 0 saturated carbocycles. The molecule has 0 unspecified atom stereocenters. The van der Waals surface area contributed by atoms with Crippen LogP contribution in [-0.4, -0.2) is 19.6 Å². The smallest absolute Gasteiger partial charge is 0.0153 e. The summed E-state index contributed by atoms with van der Waals surface area (Å²) in [5.41, 5.74) is 1.40. The van der Waals surface area contributed by atoms with Crippen LogP contribution in [0.3, 0.4) is 0 Å². The molecule has 0 aliphatic rings. The average Bonchev–Trinajstić information content (AvgIpc) is 2.29. The minimum absolute atomic E-state index is 1.00. The fourth-order valence-electron chi connectivity index (χ4n) is 1.42. The molecule has 0 aromatic heterocycles. The minimum atomic E-state index is 1.00. The van der Waals surface area contributed by atoms with Gasteiger partial charge >= 0.3 is 0 Å². The monoisotopic (exact) mass is 204 g/mol. The Labute approximate surface area is 92.4 Å². The summed E-state index contributed by atoms with van der Waals surface area (Å²) in [6.45, 7) is 6.72. The quantitative estimate of drug-likeness (QED) is 0.632. The van der Waals surface area contributed by atoms with E-state index in [0.717, 1.165) is 32.5 Å². The Hall–Kier alpha value is -1.28. The maximum Gasteiger partial charge on any atom is 0.0153 e. The van der Waals surface area contributed by atoms with E-state index < -0.39 is 0 Å². The summed E-state index contributed by atoms with van der Waals surface area (Å²) in [6.07, 6.45) is 3.99. The predicted molar refractivity (Wildman–Crippen MR) is 65.8 cm³/mol. The molecule has 0 heterocycles.